The summed E-state index contributed by atoms with van der Waals surface area (Å²) in [5, 5.41) is 4.78. The van der Waals surface area contributed by atoms with E-state index < -0.39 is 0 Å². The first kappa shape index (κ1) is 22.4. The van der Waals surface area contributed by atoms with Gasteiger partial charge in [0.1, 0.15) is 11.5 Å². The molecule has 6 nitrogen and oxygen atoms in total. The van der Waals surface area contributed by atoms with Crippen LogP contribution >= 0.6 is 0 Å². The van der Waals surface area contributed by atoms with E-state index >= 15 is 0 Å². The largest absolute Gasteiger partial charge is 0.494 e. The highest BCUT2D eigenvalue weighted by atomic mass is 16.5. The third-order valence-corrected chi connectivity index (χ3v) is 5.18. The highest BCUT2D eigenvalue weighted by molar-refractivity contribution is 6.18. The van der Waals surface area contributed by atoms with Gasteiger partial charge in [-0.2, -0.15) is 5.10 Å². The van der Waals surface area contributed by atoms with Crippen LogP contribution in [0.3, 0.4) is 0 Å². The summed E-state index contributed by atoms with van der Waals surface area (Å²) in [5.41, 5.74) is 8.67. The third kappa shape index (κ3) is 5.00. The zero-order valence-corrected chi connectivity index (χ0v) is 19.5. The summed E-state index contributed by atoms with van der Waals surface area (Å²) in [7, 11) is 0. The number of nitrogens with zero attached hydrogens (tertiary/aromatic N) is 2. The van der Waals surface area contributed by atoms with E-state index in [0.717, 1.165) is 33.8 Å². The number of aliphatic imine (C=N–C) groups is 1. The minimum absolute atomic E-state index is 0.542. The number of benzene rings is 3. The van der Waals surface area contributed by atoms with Gasteiger partial charge >= 0.3 is 0 Å². The Morgan fingerprint density at radius 2 is 1.42 bits per heavy atom. The first-order valence-electron chi connectivity index (χ1n) is 11.3. The van der Waals surface area contributed by atoms with Crippen molar-refractivity contribution in [3.8, 4) is 17.2 Å². The summed E-state index contributed by atoms with van der Waals surface area (Å²) < 4.78 is 17.4. The Morgan fingerprint density at radius 1 is 0.727 bits per heavy atom. The molecule has 0 aromatic heterocycles. The molecule has 33 heavy (non-hydrogen) atoms. The van der Waals surface area contributed by atoms with Crippen molar-refractivity contribution in [2.24, 2.45) is 10.1 Å². The average Bonchev–Trinajstić information content (AvgIpc) is 3.01. The van der Waals surface area contributed by atoms with Gasteiger partial charge in [0.15, 0.2) is 17.3 Å². The molecule has 0 bridgehead atoms. The fourth-order valence-corrected chi connectivity index (χ4v) is 3.63. The maximum atomic E-state index is 5.85. The van der Waals surface area contributed by atoms with E-state index in [2.05, 4.69) is 24.5 Å². The van der Waals surface area contributed by atoms with Crippen molar-refractivity contribution in [2.75, 3.05) is 19.8 Å². The van der Waals surface area contributed by atoms with Crippen LogP contribution in [0.2, 0.25) is 0 Å². The zero-order valence-electron chi connectivity index (χ0n) is 19.5. The molecular weight excluding hydrogens is 414 g/mol. The van der Waals surface area contributed by atoms with Crippen molar-refractivity contribution in [2.45, 2.75) is 27.7 Å². The fourth-order valence-electron chi connectivity index (χ4n) is 3.63. The van der Waals surface area contributed by atoms with Gasteiger partial charge in [-0.1, -0.05) is 29.8 Å². The molecule has 0 fully saturated rings. The molecule has 0 amide bonds. The number of fused-ring (bicyclic) bond motifs is 1. The van der Waals surface area contributed by atoms with E-state index in [1.165, 1.54) is 5.56 Å². The van der Waals surface area contributed by atoms with E-state index in [0.29, 0.717) is 37.2 Å². The van der Waals surface area contributed by atoms with Crippen molar-refractivity contribution >= 4 is 17.2 Å². The Balaban J connectivity index is 1.83. The second kappa shape index (κ2) is 10.2. The molecule has 1 N–H and O–H groups in total. The molecule has 0 unspecified atom stereocenters. The smallest absolute Gasteiger partial charge is 0.161 e. The summed E-state index contributed by atoms with van der Waals surface area (Å²) in [5.74, 6) is 2.86. The fraction of sp³-hybridized carbons (Fsp3) is 0.259. The van der Waals surface area contributed by atoms with Crippen LogP contribution in [0.1, 0.15) is 43.0 Å². The van der Waals surface area contributed by atoms with Gasteiger partial charge in [-0.25, -0.2) is 4.99 Å². The summed E-state index contributed by atoms with van der Waals surface area (Å²) in [4.78, 5) is 4.90. The Kier molecular flexibility index (Phi) is 6.93. The lowest BCUT2D eigenvalue weighted by Gasteiger charge is -2.14. The molecule has 1 aliphatic heterocycles. The molecule has 1 aliphatic rings. The van der Waals surface area contributed by atoms with Crippen molar-refractivity contribution in [1.82, 2.24) is 5.43 Å². The van der Waals surface area contributed by atoms with Crippen LogP contribution in [0.15, 0.2) is 70.8 Å². The van der Waals surface area contributed by atoms with Crippen molar-refractivity contribution < 1.29 is 14.2 Å². The summed E-state index contributed by atoms with van der Waals surface area (Å²) >= 11 is 0. The quantitative estimate of drug-likeness (QED) is 0.490. The number of hydrogen-bond donors (Lipinski definition) is 1. The number of rotatable bonds is 8. The number of amidine groups is 1. The van der Waals surface area contributed by atoms with Crippen molar-refractivity contribution in [1.29, 1.82) is 0 Å². The first-order chi connectivity index (χ1) is 16.1. The molecule has 170 valence electrons. The maximum Gasteiger partial charge on any atom is 0.161 e. The van der Waals surface area contributed by atoms with Crippen LogP contribution in [0.5, 0.6) is 17.2 Å². The van der Waals surface area contributed by atoms with Gasteiger partial charge in [0.2, 0.25) is 0 Å². The topological polar surface area (TPSA) is 64.4 Å². The molecule has 6 heteroatoms. The number of nitrogens with one attached hydrogen (secondary N) is 1. The highest BCUT2D eigenvalue weighted by Gasteiger charge is 2.20. The SMILES string of the molecule is CCOc1ccc2c(c1)C(c1ccc(OCC)c(OCC)c1)=NNC(c1ccc(C)cc1)=N2. The zero-order chi connectivity index (χ0) is 23.2. The Labute approximate surface area is 194 Å². The van der Waals surface area contributed by atoms with Gasteiger partial charge in [-0.3, -0.25) is 5.43 Å². The molecule has 0 aliphatic carbocycles. The molecule has 0 atom stereocenters. The molecular formula is C27H29N3O3. The van der Waals surface area contributed by atoms with E-state index in [1.807, 2.05) is 69.3 Å². The average molecular weight is 444 g/mol. The second-order valence-corrected chi connectivity index (χ2v) is 7.54. The van der Waals surface area contributed by atoms with Gasteiger partial charge < -0.3 is 14.2 Å². The van der Waals surface area contributed by atoms with Crippen LogP contribution in [-0.4, -0.2) is 31.4 Å². The van der Waals surface area contributed by atoms with Crippen LogP contribution in [0.25, 0.3) is 0 Å². The lowest BCUT2D eigenvalue weighted by Crippen LogP contribution is -2.19. The Hall–Kier alpha value is -3.80. The summed E-state index contributed by atoms with van der Waals surface area (Å²) in [6.45, 7) is 9.64. The molecule has 4 rings (SSSR count). The van der Waals surface area contributed by atoms with Gasteiger partial charge in [0.05, 0.1) is 25.5 Å². The number of aryl methyl sites for hydroxylation is 1. The second-order valence-electron chi connectivity index (χ2n) is 7.54. The normalized spacial score (nSPS) is 12.6. The Bertz CT molecular complexity index is 1180. The maximum absolute atomic E-state index is 5.85. The van der Waals surface area contributed by atoms with E-state index in [1.54, 1.807) is 0 Å². The lowest BCUT2D eigenvalue weighted by atomic mass is 10.00. The number of hydrogen-bond acceptors (Lipinski definition) is 6. The van der Waals surface area contributed by atoms with E-state index in [-0.39, 0.29) is 0 Å². The number of ether oxygens (including phenoxy) is 3. The van der Waals surface area contributed by atoms with Crippen molar-refractivity contribution in [3.05, 3.63) is 82.9 Å². The molecule has 3 aromatic rings. The number of hydrazone groups is 1. The molecule has 0 saturated carbocycles. The summed E-state index contributed by atoms with van der Waals surface area (Å²) in [6.07, 6.45) is 0. The molecule has 0 radical (unpaired) electrons. The molecule has 3 aromatic carbocycles. The molecule has 0 spiro atoms. The minimum Gasteiger partial charge on any atom is -0.494 e. The highest BCUT2D eigenvalue weighted by Crippen LogP contribution is 2.33. The lowest BCUT2D eigenvalue weighted by molar-refractivity contribution is 0.287. The van der Waals surface area contributed by atoms with Crippen molar-refractivity contribution in [3.63, 3.8) is 0 Å². The minimum atomic E-state index is 0.542. The van der Waals surface area contributed by atoms with Crippen LogP contribution in [0.4, 0.5) is 5.69 Å². The van der Waals surface area contributed by atoms with Crippen LogP contribution < -0.4 is 19.6 Å². The Morgan fingerprint density at radius 3 is 2.15 bits per heavy atom. The predicted octanol–water partition coefficient (Wildman–Crippen LogP) is 5.63. The standard InChI is InChI=1S/C27H29N3O3/c1-5-31-21-13-14-23-22(17-21)26(20-12-15-24(32-6-2)25(16-20)33-7-3)29-30-27(28-23)19-10-8-18(4)9-11-19/h8-17H,5-7H2,1-4H3,(H,28,30). The van der Waals surface area contributed by atoms with E-state index in [9.17, 15) is 0 Å². The van der Waals surface area contributed by atoms with Gasteiger partial charge in [-0.15, -0.1) is 0 Å². The van der Waals surface area contributed by atoms with Crippen LogP contribution in [0, 0.1) is 6.92 Å². The van der Waals surface area contributed by atoms with E-state index in [4.69, 9.17) is 24.3 Å². The monoisotopic (exact) mass is 443 g/mol. The predicted molar refractivity (Wildman–Crippen MR) is 133 cm³/mol. The summed E-state index contributed by atoms with van der Waals surface area (Å²) in [6, 6.07) is 20.0. The van der Waals surface area contributed by atoms with Crippen LogP contribution in [-0.2, 0) is 0 Å². The van der Waals surface area contributed by atoms with Gasteiger partial charge in [0, 0.05) is 16.7 Å². The molecule has 1 heterocycles. The first-order valence-corrected chi connectivity index (χ1v) is 11.3. The third-order valence-electron chi connectivity index (χ3n) is 5.18. The van der Waals surface area contributed by atoms with Gasteiger partial charge in [0.25, 0.3) is 0 Å². The van der Waals surface area contributed by atoms with Gasteiger partial charge in [-0.05, 0) is 64.1 Å². The molecule has 0 saturated heterocycles.